The highest BCUT2D eigenvalue weighted by Crippen LogP contribution is 2.36. The first-order chi connectivity index (χ1) is 10.6. The smallest absolute Gasteiger partial charge is 0.416 e. The Balaban J connectivity index is 2.48. The Morgan fingerprint density at radius 3 is 2.43 bits per heavy atom. The molecule has 1 heterocycles. The molecule has 0 atom stereocenters. The molecule has 1 N–H and O–H groups in total. The van der Waals surface area contributed by atoms with Crippen LogP contribution in [0.25, 0.3) is 11.3 Å². The minimum atomic E-state index is -4.54. The topological polar surface area (TPSA) is 74.6 Å². The third-order valence-corrected chi connectivity index (χ3v) is 2.83. The summed E-state index contributed by atoms with van der Waals surface area (Å²) in [7, 11) is 0. The highest BCUT2D eigenvalue weighted by atomic mass is 19.4. The molecule has 122 valence electrons. The Hall–Kier alpha value is -2.56. The van der Waals surface area contributed by atoms with Gasteiger partial charge in [-0.15, -0.1) is 5.10 Å². The van der Waals surface area contributed by atoms with Crippen LogP contribution in [0.2, 0.25) is 0 Å². The van der Waals surface area contributed by atoms with Crippen LogP contribution < -0.4 is 4.74 Å². The van der Waals surface area contributed by atoms with Crippen molar-refractivity contribution in [3.63, 3.8) is 0 Å². The molecular formula is C15H15F3N4O. The van der Waals surface area contributed by atoms with Crippen LogP contribution in [0.1, 0.15) is 32.0 Å². The van der Waals surface area contributed by atoms with Crippen LogP contribution in [0.15, 0.2) is 18.2 Å². The van der Waals surface area contributed by atoms with Crippen molar-refractivity contribution in [3.05, 3.63) is 29.5 Å². The van der Waals surface area contributed by atoms with Gasteiger partial charge in [0.2, 0.25) is 0 Å². The third-order valence-electron chi connectivity index (χ3n) is 2.83. The molecule has 0 aliphatic heterocycles. The molecule has 0 bridgehead atoms. The molecule has 0 aliphatic carbocycles. The lowest BCUT2D eigenvalue weighted by Crippen LogP contribution is -2.17. The van der Waals surface area contributed by atoms with Crippen LogP contribution in [-0.2, 0) is 6.18 Å². The molecule has 8 heteroatoms. The standard InChI is InChI=1S/C15H15F3N4O/c1-14(2,3)8-23-11-5-9(4-10(6-11)15(16,17)18)13-12(7-19)20-22-21-13/h4-6H,8H2,1-3H3,(H,20,21,22). The highest BCUT2D eigenvalue weighted by molar-refractivity contribution is 5.67. The monoisotopic (exact) mass is 324 g/mol. The van der Waals surface area contributed by atoms with E-state index < -0.39 is 11.7 Å². The summed E-state index contributed by atoms with van der Waals surface area (Å²) in [5, 5.41) is 18.5. The van der Waals surface area contributed by atoms with E-state index in [2.05, 4.69) is 15.4 Å². The van der Waals surface area contributed by atoms with Crippen molar-refractivity contribution in [2.75, 3.05) is 6.61 Å². The average Bonchev–Trinajstić information content (AvgIpc) is 2.91. The second-order valence-electron chi connectivity index (χ2n) is 6.23. The zero-order valence-electron chi connectivity index (χ0n) is 12.8. The summed E-state index contributed by atoms with van der Waals surface area (Å²) in [5.41, 5.74) is -0.981. The SMILES string of the molecule is CC(C)(C)COc1cc(-c2n[nH]nc2C#N)cc(C(F)(F)F)c1. The number of halogens is 3. The van der Waals surface area contributed by atoms with Crippen LogP contribution in [0.5, 0.6) is 5.75 Å². The maximum absolute atomic E-state index is 13.1. The van der Waals surface area contributed by atoms with E-state index in [-0.39, 0.29) is 34.7 Å². The number of nitrogens with zero attached hydrogens (tertiary/aromatic N) is 3. The normalized spacial score (nSPS) is 12.0. The van der Waals surface area contributed by atoms with E-state index in [1.807, 2.05) is 20.8 Å². The first-order valence-corrected chi connectivity index (χ1v) is 6.76. The van der Waals surface area contributed by atoms with Crippen LogP contribution in [-0.4, -0.2) is 22.0 Å². The first-order valence-electron chi connectivity index (χ1n) is 6.76. The van der Waals surface area contributed by atoms with E-state index in [1.54, 1.807) is 6.07 Å². The number of hydrogen-bond acceptors (Lipinski definition) is 4. The van der Waals surface area contributed by atoms with Crippen molar-refractivity contribution in [2.45, 2.75) is 26.9 Å². The molecule has 2 rings (SSSR count). The van der Waals surface area contributed by atoms with Gasteiger partial charge < -0.3 is 4.74 Å². The zero-order chi connectivity index (χ0) is 17.3. The van der Waals surface area contributed by atoms with E-state index in [0.29, 0.717) is 0 Å². The van der Waals surface area contributed by atoms with E-state index in [0.717, 1.165) is 12.1 Å². The van der Waals surface area contributed by atoms with Gasteiger partial charge in [-0.3, -0.25) is 0 Å². The number of aromatic amines is 1. The van der Waals surface area contributed by atoms with Crippen molar-refractivity contribution in [1.82, 2.24) is 15.4 Å². The van der Waals surface area contributed by atoms with Crippen LogP contribution in [0.4, 0.5) is 13.2 Å². The van der Waals surface area contributed by atoms with Crippen molar-refractivity contribution in [3.8, 4) is 23.1 Å². The zero-order valence-corrected chi connectivity index (χ0v) is 12.8. The fourth-order valence-electron chi connectivity index (χ4n) is 1.79. The predicted octanol–water partition coefficient (Wildman–Crippen LogP) is 3.79. The molecule has 0 amide bonds. The second kappa shape index (κ2) is 5.91. The maximum Gasteiger partial charge on any atom is 0.416 e. The minimum absolute atomic E-state index is 0.0548. The minimum Gasteiger partial charge on any atom is -0.493 e. The Morgan fingerprint density at radius 1 is 1.17 bits per heavy atom. The van der Waals surface area contributed by atoms with Gasteiger partial charge in [0, 0.05) is 5.56 Å². The van der Waals surface area contributed by atoms with Crippen molar-refractivity contribution >= 4 is 0 Å². The van der Waals surface area contributed by atoms with Crippen LogP contribution in [0, 0.1) is 16.7 Å². The number of benzene rings is 1. The number of aromatic nitrogens is 3. The summed E-state index contributed by atoms with van der Waals surface area (Å²) in [6.45, 7) is 5.98. The fraction of sp³-hybridized carbons (Fsp3) is 0.400. The van der Waals surface area contributed by atoms with Gasteiger partial charge in [0.1, 0.15) is 17.5 Å². The van der Waals surface area contributed by atoms with Crippen molar-refractivity contribution in [1.29, 1.82) is 5.26 Å². The van der Waals surface area contributed by atoms with Crippen LogP contribution >= 0.6 is 0 Å². The summed E-state index contributed by atoms with van der Waals surface area (Å²) in [6, 6.07) is 5.05. The molecule has 0 saturated carbocycles. The van der Waals surface area contributed by atoms with Crippen molar-refractivity contribution in [2.24, 2.45) is 5.41 Å². The quantitative estimate of drug-likeness (QED) is 0.932. The lowest BCUT2D eigenvalue weighted by atomic mass is 9.98. The molecule has 0 saturated heterocycles. The number of alkyl halides is 3. The van der Waals surface area contributed by atoms with Gasteiger partial charge in [0.25, 0.3) is 0 Å². The fourth-order valence-corrected chi connectivity index (χ4v) is 1.79. The number of H-pyrrole nitrogens is 1. The summed E-state index contributed by atoms with van der Waals surface area (Å²) < 4.78 is 44.7. The number of nitrogens with one attached hydrogen (secondary N) is 1. The van der Waals surface area contributed by atoms with E-state index in [9.17, 15) is 13.2 Å². The van der Waals surface area contributed by atoms with E-state index >= 15 is 0 Å². The Labute approximate surface area is 131 Å². The molecule has 0 fully saturated rings. The third kappa shape index (κ3) is 4.22. The lowest BCUT2D eigenvalue weighted by Gasteiger charge is -2.20. The second-order valence-corrected chi connectivity index (χ2v) is 6.23. The van der Waals surface area contributed by atoms with Gasteiger partial charge >= 0.3 is 6.18 Å². The summed E-state index contributed by atoms with van der Waals surface area (Å²) in [5.74, 6) is 0.0663. The maximum atomic E-state index is 13.1. The van der Waals surface area contributed by atoms with Gasteiger partial charge in [-0.25, -0.2) is 0 Å². The molecule has 1 aromatic carbocycles. The molecule has 23 heavy (non-hydrogen) atoms. The lowest BCUT2D eigenvalue weighted by molar-refractivity contribution is -0.137. The molecule has 0 spiro atoms. The Morgan fingerprint density at radius 2 is 1.87 bits per heavy atom. The van der Waals surface area contributed by atoms with E-state index in [1.165, 1.54) is 6.07 Å². The summed E-state index contributed by atoms with van der Waals surface area (Å²) >= 11 is 0. The van der Waals surface area contributed by atoms with Crippen molar-refractivity contribution < 1.29 is 17.9 Å². The largest absolute Gasteiger partial charge is 0.493 e. The van der Waals surface area contributed by atoms with Gasteiger partial charge in [0.05, 0.1) is 12.2 Å². The predicted molar refractivity (Wildman–Crippen MR) is 76.5 cm³/mol. The molecule has 0 radical (unpaired) electrons. The van der Waals surface area contributed by atoms with Gasteiger partial charge in [-0.2, -0.15) is 28.7 Å². The number of ether oxygens (including phenoxy) is 1. The van der Waals surface area contributed by atoms with Gasteiger partial charge in [0.15, 0.2) is 5.69 Å². The number of hydrogen-bond donors (Lipinski definition) is 1. The Kier molecular flexibility index (Phi) is 4.32. The highest BCUT2D eigenvalue weighted by Gasteiger charge is 2.32. The summed E-state index contributed by atoms with van der Waals surface area (Å²) in [6.07, 6.45) is -4.54. The molecule has 0 unspecified atom stereocenters. The molecular weight excluding hydrogens is 309 g/mol. The average molecular weight is 324 g/mol. The summed E-state index contributed by atoms with van der Waals surface area (Å²) in [4.78, 5) is 0. The Bertz CT molecular complexity index is 738. The molecule has 5 nitrogen and oxygen atoms in total. The van der Waals surface area contributed by atoms with Crippen LogP contribution in [0.3, 0.4) is 0 Å². The van der Waals surface area contributed by atoms with E-state index in [4.69, 9.17) is 10.00 Å². The van der Waals surface area contributed by atoms with Gasteiger partial charge in [-0.1, -0.05) is 20.8 Å². The van der Waals surface area contributed by atoms with Gasteiger partial charge in [-0.05, 0) is 23.6 Å². The first kappa shape index (κ1) is 16.8. The molecule has 2 aromatic rings. The molecule has 1 aromatic heterocycles. The number of rotatable bonds is 3. The number of nitriles is 1. The molecule has 0 aliphatic rings.